The molecule has 0 atom stereocenters. The van der Waals surface area contributed by atoms with Crippen LogP contribution in [0, 0.1) is 13.8 Å². The predicted octanol–water partition coefficient (Wildman–Crippen LogP) is 3.49. The number of aryl methyl sites for hydroxylation is 1. The van der Waals surface area contributed by atoms with E-state index in [0.717, 1.165) is 0 Å². The molecule has 0 unspecified atom stereocenters. The molecule has 1 aromatic heterocycles. The molecule has 0 fully saturated rings. The minimum Gasteiger partial charge on any atom is -0.148 e. The first kappa shape index (κ1) is 7.80. The molecule has 0 bridgehead atoms. The van der Waals surface area contributed by atoms with Crippen LogP contribution in [0.15, 0.2) is 5.38 Å². The molecule has 1 heterocycles. The molecule has 1 aromatic rings. The maximum atomic E-state index is 2.25. The van der Waals surface area contributed by atoms with E-state index in [9.17, 15) is 0 Å². The van der Waals surface area contributed by atoms with Crippen LogP contribution in [0.3, 0.4) is 0 Å². The Labute approximate surface area is 66.9 Å². The minimum atomic E-state index is 0.693. The number of hydrogen-bond donors (Lipinski definition) is 0. The highest BCUT2D eigenvalue weighted by Crippen LogP contribution is 2.27. The summed E-state index contributed by atoms with van der Waals surface area (Å²) < 4.78 is 0. The van der Waals surface area contributed by atoms with E-state index in [1.807, 2.05) is 11.3 Å². The number of hydrogen-bond acceptors (Lipinski definition) is 1. The molecule has 0 amide bonds. The van der Waals surface area contributed by atoms with E-state index in [1.165, 1.54) is 16.0 Å². The first-order valence-corrected chi connectivity index (χ1v) is 4.55. The van der Waals surface area contributed by atoms with Gasteiger partial charge in [0.15, 0.2) is 0 Å². The normalized spacial score (nSPS) is 10.9. The van der Waals surface area contributed by atoms with E-state index in [4.69, 9.17) is 0 Å². The van der Waals surface area contributed by atoms with E-state index < -0.39 is 0 Å². The van der Waals surface area contributed by atoms with E-state index >= 15 is 0 Å². The van der Waals surface area contributed by atoms with Crippen molar-refractivity contribution in [2.45, 2.75) is 33.6 Å². The molecule has 0 saturated carbocycles. The molecular formula is C9H14S. The largest absolute Gasteiger partial charge is 0.148 e. The van der Waals surface area contributed by atoms with E-state index in [0.29, 0.717) is 5.92 Å². The summed E-state index contributed by atoms with van der Waals surface area (Å²) in [5.74, 6) is 0.693. The zero-order chi connectivity index (χ0) is 7.72. The molecule has 0 saturated heterocycles. The Morgan fingerprint density at radius 1 is 1.30 bits per heavy atom. The molecule has 0 spiro atoms. The average Bonchev–Trinajstić information content (AvgIpc) is 2.14. The quantitative estimate of drug-likeness (QED) is 0.581. The smallest absolute Gasteiger partial charge is 0.0103 e. The van der Waals surface area contributed by atoms with Gasteiger partial charge in [-0.3, -0.25) is 0 Å². The van der Waals surface area contributed by atoms with Crippen LogP contribution >= 0.6 is 11.3 Å². The van der Waals surface area contributed by atoms with Crippen LogP contribution in [0.25, 0.3) is 0 Å². The lowest BCUT2D eigenvalue weighted by molar-refractivity contribution is 0.879. The predicted molar refractivity (Wildman–Crippen MR) is 47.9 cm³/mol. The van der Waals surface area contributed by atoms with Crippen molar-refractivity contribution in [1.82, 2.24) is 0 Å². The molecule has 10 heavy (non-hydrogen) atoms. The molecule has 0 radical (unpaired) electrons. The van der Waals surface area contributed by atoms with Crippen molar-refractivity contribution in [3.8, 4) is 0 Å². The van der Waals surface area contributed by atoms with Gasteiger partial charge in [0, 0.05) is 4.88 Å². The van der Waals surface area contributed by atoms with Crippen LogP contribution in [0.2, 0.25) is 0 Å². The average molecular weight is 154 g/mol. The Bertz CT molecular complexity index is 221. The van der Waals surface area contributed by atoms with Gasteiger partial charge in [0.05, 0.1) is 0 Å². The molecule has 1 heteroatoms. The lowest BCUT2D eigenvalue weighted by Crippen LogP contribution is -1.84. The zero-order valence-corrected chi connectivity index (χ0v) is 7.88. The van der Waals surface area contributed by atoms with Crippen LogP contribution in [-0.4, -0.2) is 0 Å². The zero-order valence-electron chi connectivity index (χ0n) is 7.06. The first-order valence-electron chi connectivity index (χ1n) is 3.67. The SMILES string of the molecule is Cc1csc(C(C)C)c1C. The standard InChI is InChI=1S/C9H14S/c1-6(2)9-8(4)7(3)5-10-9/h5-6H,1-4H3. The summed E-state index contributed by atoms with van der Waals surface area (Å²) in [7, 11) is 0. The molecular weight excluding hydrogens is 140 g/mol. The van der Waals surface area contributed by atoms with Crippen molar-refractivity contribution >= 4 is 11.3 Å². The lowest BCUT2D eigenvalue weighted by atomic mass is 10.1. The Balaban J connectivity index is 3.05. The Morgan fingerprint density at radius 3 is 2.10 bits per heavy atom. The summed E-state index contributed by atoms with van der Waals surface area (Å²) in [5, 5.41) is 2.24. The van der Waals surface area contributed by atoms with Crippen LogP contribution in [-0.2, 0) is 0 Å². The van der Waals surface area contributed by atoms with Crippen LogP contribution in [0.5, 0.6) is 0 Å². The molecule has 56 valence electrons. The van der Waals surface area contributed by atoms with Gasteiger partial charge in [-0.2, -0.15) is 0 Å². The topological polar surface area (TPSA) is 0 Å². The van der Waals surface area contributed by atoms with Crippen molar-refractivity contribution in [1.29, 1.82) is 0 Å². The Morgan fingerprint density at radius 2 is 1.90 bits per heavy atom. The molecule has 0 N–H and O–H groups in total. The molecule has 0 aliphatic rings. The van der Waals surface area contributed by atoms with Gasteiger partial charge in [-0.15, -0.1) is 11.3 Å². The molecule has 0 nitrogen and oxygen atoms in total. The monoisotopic (exact) mass is 154 g/mol. The van der Waals surface area contributed by atoms with Crippen molar-refractivity contribution in [3.05, 3.63) is 21.4 Å². The summed E-state index contributed by atoms with van der Waals surface area (Å²) >= 11 is 1.88. The second-order valence-electron chi connectivity index (χ2n) is 3.06. The maximum absolute atomic E-state index is 2.25. The Kier molecular flexibility index (Phi) is 2.14. The summed E-state index contributed by atoms with van der Waals surface area (Å²) in [4.78, 5) is 1.54. The summed E-state index contributed by atoms with van der Waals surface area (Å²) in [6.07, 6.45) is 0. The lowest BCUT2D eigenvalue weighted by Gasteiger charge is -2.01. The fourth-order valence-corrected chi connectivity index (χ4v) is 2.18. The van der Waals surface area contributed by atoms with Crippen LogP contribution in [0.1, 0.15) is 35.8 Å². The molecule has 1 rings (SSSR count). The van der Waals surface area contributed by atoms with Crippen molar-refractivity contribution in [3.63, 3.8) is 0 Å². The Hall–Kier alpha value is -0.300. The van der Waals surface area contributed by atoms with Crippen LogP contribution < -0.4 is 0 Å². The molecule has 0 aliphatic carbocycles. The molecule has 0 aromatic carbocycles. The van der Waals surface area contributed by atoms with Gasteiger partial charge in [0.2, 0.25) is 0 Å². The van der Waals surface area contributed by atoms with Gasteiger partial charge in [-0.1, -0.05) is 13.8 Å². The van der Waals surface area contributed by atoms with Gasteiger partial charge in [0.25, 0.3) is 0 Å². The minimum absolute atomic E-state index is 0.693. The fraction of sp³-hybridized carbons (Fsp3) is 0.556. The summed E-state index contributed by atoms with van der Waals surface area (Å²) in [6.45, 7) is 8.88. The first-order chi connectivity index (χ1) is 4.63. The highest BCUT2D eigenvalue weighted by atomic mass is 32.1. The summed E-state index contributed by atoms with van der Waals surface area (Å²) in [6, 6.07) is 0. The highest BCUT2D eigenvalue weighted by Gasteiger charge is 2.06. The van der Waals surface area contributed by atoms with Gasteiger partial charge in [-0.25, -0.2) is 0 Å². The maximum Gasteiger partial charge on any atom is 0.0103 e. The van der Waals surface area contributed by atoms with Crippen LogP contribution in [0.4, 0.5) is 0 Å². The van der Waals surface area contributed by atoms with E-state index in [1.54, 1.807) is 0 Å². The van der Waals surface area contributed by atoms with Gasteiger partial charge >= 0.3 is 0 Å². The highest BCUT2D eigenvalue weighted by molar-refractivity contribution is 7.10. The van der Waals surface area contributed by atoms with Crippen molar-refractivity contribution in [2.24, 2.45) is 0 Å². The fourth-order valence-electron chi connectivity index (χ4n) is 1.09. The van der Waals surface area contributed by atoms with E-state index in [-0.39, 0.29) is 0 Å². The third-order valence-electron chi connectivity index (χ3n) is 1.85. The third kappa shape index (κ3) is 1.24. The van der Waals surface area contributed by atoms with Gasteiger partial charge in [-0.05, 0) is 36.3 Å². The second-order valence-corrected chi connectivity index (χ2v) is 3.97. The van der Waals surface area contributed by atoms with Gasteiger partial charge < -0.3 is 0 Å². The van der Waals surface area contributed by atoms with Gasteiger partial charge in [0.1, 0.15) is 0 Å². The number of thiophene rings is 1. The number of rotatable bonds is 1. The van der Waals surface area contributed by atoms with Crippen molar-refractivity contribution < 1.29 is 0 Å². The molecule has 0 aliphatic heterocycles. The van der Waals surface area contributed by atoms with E-state index in [2.05, 4.69) is 33.1 Å². The third-order valence-corrected chi connectivity index (χ3v) is 3.35. The van der Waals surface area contributed by atoms with Crippen molar-refractivity contribution in [2.75, 3.05) is 0 Å². The second kappa shape index (κ2) is 2.75. The summed E-state index contributed by atoms with van der Waals surface area (Å²) in [5.41, 5.74) is 2.92.